The Bertz CT molecular complexity index is 473. The van der Waals surface area contributed by atoms with Crippen LogP contribution >= 0.6 is 0 Å². The second-order valence-electron chi connectivity index (χ2n) is 5.32. The van der Waals surface area contributed by atoms with E-state index in [9.17, 15) is 9.18 Å². The molecule has 0 aliphatic rings. The Kier molecular flexibility index (Phi) is 6.62. The fourth-order valence-corrected chi connectivity index (χ4v) is 1.99. The first kappa shape index (κ1) is 17.4. The largest absolute Gasteiger partial charge is 0.494 e. The monoisotopic (exact) mass is 296 g/mol. The zero-order valence-electron chi connectivity index (χ0n) is 13.0. The highest BCUT2D eigenvalue weighted by molar-refractivity contribution is 5.76. The second kappa shape index (κ2) is 7.98. The van der Waals surface area contributed by atoms with Crippen LogP contribution in [-0.2, 0) is 11.2 Å². The molecule has 4 nitrogen and oxygen atoms in total. The molecule has 1 rings (SSSR count). The van der Waals surface area contributed by atoms with Crippen molar-refractivity contribution in [3.05, 3.63) is 29.6 Å². The lowest BCUT2D eigenvalue weighted by atomic mass is 9.94. The summed E-state index contributed by atoms with van der Waals surface area (Å²) in [7, 11) is 1.42. The van der Waals surface area contributed by atoms with Gasteiger partial charge in [0.2, 0.25) is 5.91 Å². The molecule has 0 aliphatic carbocycles. The molecule has 5 heteroatoms. The van der Waals surface area contributed by atoms with Crippen molar-refractivity contribution in [3.63, 3.8) is 0 Å². The predicted octanol–water partition coefficient (Wildman–Crippen LogP) is 2.40. The van der Waals surface area contributed by atoms with E-state index in [4.69, 9.17) is 10.5 Å². The van der Waals surface area contributed by atoms with Crippen molar-refractivity contribution in [2.24, 2.45) is 5.73 Å². The number of methoxy groups -OCH3 is 1. The topological polar surface area (TPSA) is 64.3 Å². The highest BCUT2D eigenvalue weighted by atomic mass is 19.1. The molecule has 1 aromatic carbocycles. The summed E-state index contributed by atoms with van der Waals surface area (Å²) in [5.74, 6) is -0.265. The first-order valence-corrected chi connectivity index (χ1v) is 7.32. The lowest BCUT2D eigenvalue weighted by molar-refractivity contribution is -0.121. The molecule has 0 saturated carbocycles. The number of halogens is 1. The number of hydrogen-bond acceptors (Lipinski definition) is 3. The van der Waals surface area contributed by atoms with Gasteiger partial charge in [0.1, 0.15) is 0 Å². The van der Waals surface area contributed by atoms with Gasteiger partial charge in [0, 0.05) is 18.5 Å². The molecular formula is C16H25FN2O2. The molecule has 3 N–H and O–H groups in total. The Morgan fingerprint density at radius 3 is 2.57 bits per heavy atom. The number of hydrogen-bond donors (Lipinski definition) is 2. The number of benzene rings is 1. The molecular weight excluding hydrogens is 271 g/mol. The van der Waals surface area contributed by atoms with Crippen molar-refractivity contribution in [3.8, 4) is 5.75 Å². The summed E-state index contributed by atoms with van der Waals surface area (Å²) in [4.78, 5) is 11.8. The van der Waals surface area contributed by atoms with E-state index in [2.05, 4.69) is 5.32 Å². The lowest BCUT2D eigenvalue weighted by Crippen LogP contribution is -2.49. The first-order valence-electron chi connectivity index (χ1n) is 7.32. The standard InChI is InChI=1S/C16H25FN2O2/c1-4-16(18,5-2)11-19-15(20)9-7-12-6-8-14(21-3)13(17)10-12/h6,8,10H,4-5,7,9,11,18H2,1-3H3,(H,19,20). The molecule has 0 spiro atoms. The van der Waals surface area contributed by atoms with E-state index in [-0.39, 0.29) is 17.2 Å². The number of carbonyl (C=O) groups is 1. The highest BCUT2D eigenvalue weighted by Crippen LogP contribution is 2.18. The van der Waals surface area contributed by atoms with Crippen LogP contribution in [0.2, 0.25) is 0 Å². The van der Waals surface area contributed by atoms with Crippen molar-refractivity contribution in [1.29, 1.82) is 0 Å². The highest BCUT2D eigenvalue weighted by Gasteiger charge is 2.20. The summed E-state index contributed by atoms with van der Waals surface area (Å²) in [6, 6.07) is 4.74. The van der Waals surface area contributed by atoms with Crippen molar-refractivity contribution in [1.82, 2.24) is 5.32 Å². The van der Waals surface area contributed by atoms with Crippen molar-refractivity contribution in [2.75, 3.05) is 13.7 Å². The molecule has 0 heterocycles. The number of rotatable bonds is 8. The molecule has 1 amide bonds. The Hall–Kier alpha value is -1.62. The number of ether oxygens (including phenoxy) is 1. The van der Waals surface area contributed by atoms with Crippen molar-refractivity contribution in [2.45, 2.75) is 45.1 Å². The number of nitrogens with one attached hydrogen (secondary N) is 1. The zero-order valence-corrected chi connectivity index (χ0v) is 13.0. The van der Waals surface area contributed by atoms with E-state index >= 15 is 0 Å². The molecule has 118 valence electrons. The van der Waals surface area contributed by atoms with E-state index < -0.39 is 5.82 Å². The maximum absolute atomic E-state index is 13.5. The van der Waals surface area contributed by atoms with Crippen LogP contribution in [-0.4, -0.2) is 25.1 Å². The van der Waals surface area contributed by atoms with Gasteiger partial charge < -0.3 is 15.8 Å². The molecule has 0 atom stereocenters. The maximum atomic E-state index is 13.5. The number of aryl methyl sites for hydroxylation is 1. The minimum Gasteiger partial charge on any atom is -0.494 e. The second-order valence-corrected chi connectivity index (χ2v) is 5.32. The average Bonchev–Trinajstić information content (AvgIpc) is 2.50. The Labute approximate surface area is 125 Å². The third-order valence-electron chi connectivity index (χ3n) is 3.90. The van der Waals surface area contributed by atoms with Crippen molar-refractivity contribution < 1.29 is 13.9 Å². The molecule has 1 aromatic rings. The van der Waals surface area contributed by atoms with Gasteiger partial charge in [-0.25, -0.2) is 4.39 Å². The smallest absolute Gasteiger partial charge is 0.220 e. The van der Waals surface area contributed by atoms with Gasteiger partial charge in [0.15, 0.2) is 11.6 Å². The molecule has 21 heavy (non-hydrogen) atoms. The molecule has 0 unspecified atom stereocenters. The van der Waals surface area contributed by atoms with Crippen LogP contribution in [0.4, 0.5) is 4.39 Å². The summed E-state index contributed by atoms with van der Waals surface area (Å²) in [5.41, 5.74) is 6.55. The summed E-state index contributed by atoms with van der Waals surface area (Å²) >= 11 is 0. The van der Waals surface area contributed by atoms with Gasteiger partial charge in [-0.1, -0.05) is 19.9 Å². The van der Waals surface area contributed by atoms with E-state index in [0.29, 0.717) is 19.4 Å². The number of nitrogens with two attached hydrogens (primary N) is 1. The predicted molar refractivity (Wildman–Crippen MR) is 81.8 cm³/mol. The Morgan fingerprint density at radius 2 is 2.05 bits per heavy atom. The Balaban J connectivity index is 2.45. The minimum atomic E-state index is -0.409. The summed E-state index contributed by atoms with van der Waals surface area (Å²) in [6.07, 6.45) is 2.43. The maximum Gasteiger partial charge on any atom is 0.220 e. The quantitative estimate of drug-likeness (QED) is 0.774. The molecule has 0 aliphatic heterocycles. The molecule has 0 aromatic heterocycles. The normalized spacial score (nSPS) is 11.3. The molecule has 0 radical (unpaired) electrons. The van der Waals surface area contributed by atoms with Crippen LogP contribution in [0.3, 0.4) is 0 Å². The summed E-state index contributed by atoms with van der Waals surface area (Å²) in [5, 5.41) is 2.85. The third kappa shape index (κ3) is 5.34. The van der Waals surface area contributed by atoms with Gasteiger partial charge in [-0.2, -0.15) is 0 Å². The average molecular weight is 296 g/mol. The number of amides is 1. The van der Waals surface area contributed by atoms with Crippen LogP contribution < -0.4 is 15.8 Å². The third-order valence-corrected chi connectivity index (χ3v) is 3.90. The fourth-order valence-electron chi connectivity index (χ4n) is 1.99. The van der Waals surface area contributed by atoms with E-state index in [1.54, 1.807) is 12.1 Å². The van der Waals surface area contributed by atoms with Gasteiger partial charge >= 0.3 is 0 Å². The molecule has 0 fully saturated rings. The Morgan fingerprint density at radius 1 is 1.38 bits per heavy atom. The first-order chi connectivity index (χ1) is 9.94. The van der Waals surface area contributed by atoms with Gasteiger partial charge in [0.25, 0.3) is 0 Å². The zero-order chi connectivity index (χ0) is 15.9. The van der Waals surface area contributed by atoms with E-state index in [0.717, 1.165) is 18.4 Å². The molecule has 0 saturated heterocycles. The van der Waals surface area contributed by atoms with Crippen LogP contribution in [0.25, 0.3) is 0 Å². The van der Waals surface area contributed by atoms with Crippen molar-refractivity contribution >= 4 is 5.91 Å². The van der Waals surface area contributed by atoms with Crippen LogP contribution in [0.1, 0.15) is 38.7 Å². The van der Waals surface area contributed by atoms with Gasteiger partial charge in [-0.15, -0.1) is 0 Å². The van der Waals surface area contributed by atoms with E-state index in [1.807, 2.05) is 13.8 Å². The lowest BCUT2D eigenvalue weighted by Gasteiger charge is -2.26. The summed E-state index contributed by atoms with van der Waals surface area (Å²) < 4.78 is 18.4. The number of carbonyl (C=O) groups excluding carboxylic acids is 1. The van der Waals surface area contributed by atoms with Gasteiger partial charge in [0.05, 0.1) is 7.11 Å². The van der Waals surface area contributed by atoms with Crippen LogP contribution in [0.5, 0.6) is 5.75 Å². The fraction of sp³-hybridized carbons (Fsp3) is 0.562. The van der Waals surface area contributed by atoms with Gasteiger partial charge in [-0.3, -0.25) is 4.79 Å². The minimum absolute atomic E-state index is 0.0667. The summed E-state index contributed by atoms with van der Waals surface area (Å²) in [6.45, 7) is 4.49. The van der Waals surface area contributed by atoms with Gasteiger partial charge in [-0.05, 0) is 37.0 Å². The van der Waals surface area contributed by atoms with E-state index in [1.165, 1.54) is 13.2 Å². The van der Waals surface area contributed by atoms with Crippen LogP contribution in [0.15, 0.2) is 18.2 Å². The molecule has 0 bridgehead atoms. The SMILES string of the molecule is CCC(N)(CC)CNC(=O)CCc1ccc(OC)c(F)c1. The van der Waals surface area contributed by atoms with Crippen LogP contribution in [0, 0.1) is 5.82 Å².